The van der Waals surface area contributed by atoms with Crippen LogP contribution >= 0.6 is 11.8 Å². The average molecular weight is 446 g/mol. The Morgan fingerprint density at radius 3 is 2.53 bits per heavy atom. The predicted molar refractivity (Wildman–Crippen MR) is 124 cm³/mol. The summed E-state index contributed by atoms with van der Waals surface area (Å²) in [6.07, 6.45) is 1.21. The molecule has 0 radical (unpaired) electrons. The van der Waals surface area contributed by atoms with Crippen molar-refractivity contribution in [1.29, 1.82) is 0 Å². The summed E-state index contributed by atoms with van der Waals surface area (Å²) in [5.41, 5.74) is 2.36. The molecule has 1 aromatic heterocycles. The molecule has 2 heterocycles. The predicted octanol–water partition coefficient (Wildman–Crippen LogP) is 3.52. The number of nitrogens with zero attached hydrogens (tertiary/aromatic N) is 3. The van der Waals surface area contributed by atoms with Crippen molar-refractivity contribution < 1.29 is 14.2 Å². The van der Waals surface area contributed by atoms with E-state index in [1.54, 1.807) is 16.7 Å². The number of benzene rings is 3. The summed E-state index contributed by atoms with van der Waals surface area (Å²) in [5, 5.41) is 7.05. The lowest BCUT2D eigenvalue weighted by Gasteiger charge is -2.31. The molecule has 32 heavy (non-hydrogen) atoms. The van der Waals surface area contributed by atoms with Crippen molar-refractivity contribution >= 4 is 34.1 Å². The number of aromatic nitrogens is 3. The largest absolute Gasteiger partial charge is 0.496 e. The number of para-hydroxylation sites is 1. The SMILES string of the molecule is COc1ccc(C2N(C(C)=O)c3ccccc3-c3c(=O)[nH]c(SC)n[n+]32)c2ccccc12. The minimum atomic E-state index is -0.638. The first kappa shape index (κ1) is 20.3. The summed E-state index contributed by atoms with van der Waals surface area (Å²) < 4.78 is 7.23. The molecule has 1 unspecified atom stereocenters. The standard InChI is InChI=1S/C24H20N4O3S/c1-14(29)27-19-11-7-6-10-18(19)21-22(30)25-24(32-3)26-28(21)23(27)17-12-13-20(31-2)16-9-5-4-8-15(16)17/h4-13,23H,1-3H3/p+1. The van der Waals surface area contributed by atoms with Crippen LogP contribution in [-0.2, 0) is 4.79 Å². The molecular weight excluding hydrogens is 424 g/mol. The fourth-order valence-corrected chi connectivity index (χ4v) is 4.75. The van der Waals surface area contributed by atoms with Crippen LogP contribution in [0.4, 0.5) is 5.69 Å². The summed E-state index contributed by atoms with van der Waals surface area (Å²) in [4.78, 5) is 30.7. The Morgan fingerprint density at radius 1 is 1.09 bits per heavy atom. The molecule has 3 aromatic carbocycles. The number of thioether (sulfide) groups is 1. The van der Waals surface area contributed by atoms with E-state index in [-0.39, 0.29) is 11.5 Å². The van der Waals surface area contributed by atoms with E-state index in [2.05, 4.69) is 4.98 Å². The summed E-state index contributed by atoms with van der Waals surface area (Å²) in [5.74, 6) is 0.595. The number of hydrogen-bond donors (Lipinski definition) is 1. The van der Waals surface area contributed by atoms with E-state index >= 15 is 0 Å². The monoisotopic (exact) mass is 445 g/mol. The first-order valence-electron chi connectivity index (χ1n) is 10.1. The average Bonchev–Trinajstić information content (AvgIpc) is 2.82. The number of ether oxygens (including phenoxy) is 1. The van der Waals surface area contributed by atoms with Crippen molar-refractivity contribution in [2.45, 2.75) is 18.2 Å². The lowest BCUT2D eigenvalue weighted by molar-refractivity contribution is -0.762. The fraction of sp³-hybridized carbons (Fsp3) is 0.167. The van der Waals surface area contributed by atoms with Gasteiger partial charge in [-0.15, -0.1) is 0 Å². The van der Waals surface area contributed by atoms with Gasteiger partial charge < -0.3 is 4.74 Å². The van der Waals surface area contributed by atoms with E-state index in [0.29, 0.717) is 22.1 Å². The molecule has 1 atom stereocenters. The van der Waals surface area contributed by atoms with E-state index in [1.807, 2.05) is 66.9 Å². The number of carbonyl (C=O) groups excluding carboxylic acids is 1. The zero-order valence-electron chi connectivity index (χ0n) is 17.8. The van der Waals surface area contributed by atoms with Crippen LogP contribution < -0.4 is 19.9 Å². The summed E-state index contributed by atoms with van der Waals surface area (Å²) >= 11 is 1.34. The fourth-order valence-electron chi connectivity index (χ4n) is 4.38. The van der Waals surface area contributed by atoms with Gasteiger partial charge in [0.15, 0.2) is 0 Å². The number of fused-ring (bicyclic) bond motifs is 4. The minimum Gasteiger partial charge on any atom is -0.496 e. The molecule has 5 rings (SSSR count). The van der Waals surface area contributed by atoms with Crippen molar-refractivity contribution in [1.82, 2.24) is 10.1 Å². The smallest absolute Gasteiger partial charge is 0.325 e. The maximum atomic E-state index is 13.2. The van der Waals surface area contributed by atoms with Crippen LogP contribution in [0.5, 0.6) is 5.75 Å². The summed E-state index contributed by atoms with van der Waals surface area (Å²) in [7, 11) is 1.63. The quantitative estimate of drug-likeness (QED) is 0.386. The van der Waals surface area contributed by atoms with E-state index in [0.717, 1.165) is 22.1 Å². The first-order valence-corrected chi connectivity index (χ1v) is 11.3. The Morgan fingerprint density at radius 2 is 1.81 bits per heavy atom. The molecule has 0 aliphatic carbocycles. The van der Waals surface area contributed by atoms with Crippen LogP contribution in [0.1, 0.15) is 18.7 Å². The molecular formula is C24H21N4O3S+. The highest BCUT2D eigenvalue weighted by Gasteiger charge is 2.45. The van der Waals surface area contributed by atoms with Crippen molar-refractivity contribution in [2.24, 2.45) is 0 Å². The summed E-state index contributed by atoms with van der Waals surface area (Å²) in [6, 6.07) is 19.1. The maximum Gasteiger partial charge on any atom is 0.325 e. The van der Waals surface area contributed by atoms with E-state index in [4.69, 9.17) is 9.84 Å². The van der Waals surface area contributed by atoms with Gasteiger partial charge in [-0.05, 0) is 40.6 Å². The second-order valence-corrected chi connectivity index (χ2v) is 8.23. The second-order valence-electron chi connectivity index (χ2n) is 7.44. The number of nitrogens with one attached hydrogen (secondary N) is 1. The van der Waals surface area contributed by atoms with Gasteiger partial charge in [0.05, 0.1) is 23.9 Å². The molecule has 1 aliphatic heterocycles. The highest BCUT2D eigenvalue weighted by molar-refractivity contribution is 7.98. The molecule has 4 aromatic rings. The molecule has 1 N–H and O–H groups in total. The first-order chi connectivity index (χ1) is 15.5. The second kappa shape index (κ2) is 7.80. The molecule has 0 spiro atoms. The molecule has 7 nitrogen and oxygen atoms in total. The maximum absolute atomic E-state index is 13.2. The third-order valence-corrected chi connectivity index (χ3v) is 6.28. The van der Waals surface area contributed by atoms with Crippen LogP contribution in [0.15, 0.2) is 70.6 Å². The van der Waals surface area contributed by atoms with Gasteiger partial charge in [0, 0.05) is 17.4 Å². The van der Waals surface area contributed by atoms with Crippen LogP contribution in [-0.4, -0.2) is 29.4 Å². The third kappa shape index (κ3) is 2.98. The number of carbonyl (C=O) groups is 1. The van der Waals surface area contributed by atoms with Crippen LogP contribution in [0.3, 0.4) is 0 Å². The topological polar surface area (TPSA) is 79.2 Å². The highest BCUT2D eigenvalue weighted by atomic mass is 32.2. The Hall–Kier alpha value is -3.65. The number of rotatable bonds is 3. The Bertz CT molecular complexity index is 1430. The Balaban J connectivity index is 1.91. The summed E-state index contributed by atoms with van der Waals surface area (Å²) in [6.45, 7) is 1.53. The third-order valence-electron chi connectivity index (χ3n) is 5.71. The van der Waals surface area contributed by atoms with Crippen molar-refractivity contribution in [3.8, 4) is 17.0 Å². The molecule has 0 saturated carbocycles. The van der Waals surface area contributed by atoms with Gasteiger partial charge >= 0.3 is 11.3 Å². The van der Waals surface area contributed by atoms with E-state index in [1.165, 1.54) is 18.7 Å². The Kier molecular flexibility index (Phi) is 4.94. The van der Waals surface area contributed by atoms with Crippen LogP contribution in [0.2, 0.25) is 0 Å². The van der Waals surface area contributed by atoms with Gasteiger partial charge in [0.2, 0.25) is 11.1 Å². The lowest BCUT2D eigenvalue weighted by atomic mass is 9.97. The minimum absolute atomic E-state index is 0.145. The molecule has 0 saturated heterocycles. The van der Waals surface area contributed by atoms with Crippen molar-refractivity contribution in [3.05, 3.63) is 76.6 Å². The highest BCUT2D eigenvalue weighted by Crippen LogP contribution is 2.40. The van der Waals surface area contributed by atoms with Gasteiger partial charge in [-0.1, -0.05) is 48.2 Å². The lowest BCUT2D eigenvalue weighted by Crippen LogP contribution is -2.60. The van der Waals surface area contributed by atoms with Gasteiger partial charge in [-0.2, -0.15) is 0 Å². The number of amides is 1. The Labute approximate surface area is 188 Å². The molecule has 1 amide bonds. The number of methoxy groups -OCH3 is 1. The number of hydrogen-bond acceptors (Lipinski definition) is 5. The van der Waals surface area contributed by atoms with Crippen molar-refractivity contribution in [2.75, 3.05) is 18.3 Å². The number of anilines is 1. The van der Waals surface area contributed by atoms with Crippen LogP contribution in [0.25, 0.3) is 22.0 Å². The van der Waals surface area contributed by atoms with E-state index in [9.17, 15) is 9.59 Å². The van der Waals surface area contributed by atoms with Crippen molar-refractivity contribution in [3.63, 3.8) is 0 Å². The number of aromatic amines is 1. The zero-order chi connectivity index (χ0) is 22.4. The zero-order valence-corrected chi connectivity index (χ0v) is 18.6. The van der Waals surface area contributed by atoms with Gasteiger partial charge in [0.1, 0.15) is 5.75 Å². The molecule has 0 fully saturated rings. The van der Waals surface area contributed by atoms with Gasteiger partial charge in [0.25, 0.3) is 6.17 Å². The normalized spacial score (nSPS) is 14.7. The van der Waals surface area contributed by atoms with Gasteiger partial charge in [-0.25, -0.2) is 4.90 Å². The molecule has 0 bridgehead atoms. The molecule has 1 aliphatic rings. The van der Waals surface area contributed by atoms with Gasteiger partial charge in [-0.3, -0.25) is 14.6 Å². The molecule has 8 heteroatoms. The molecule has 160 valence electrons. The van der Waals surface area contributed by atoms with E-state index < -0.39 is 6.17 Å². The van der Waals surface area contributed by atoms with Crippen LogP contribution in [0, 0.1) is 0 Å². The number of H-pyrrole nitrogens is 1.